The molecular weight excluding hydrogens is 330 g/mol. The van der Waals surface area contributed by atoms with Crippen LogP contribution in [0.3, 0.4) is 0 Å². The van der Waals surface area contributed by atoms with Gasteiger partial charge in [-0.05, 0) is 24.3 Å². The van der Waals surface area contributed by atoms with Gasteiger partial charge in [0.05, 0.1) is 18.9 Å². The number of morpholine rings is 1. The number of ether oxygens (including phenoxy) is 2. The average molecular weight is 355 g/mol. The number of hydrogen-bond donors (Lipinski definition) is 1. The molecule has 26 heavy (non-hydrogen) atoms. The van der Waals surface area contributed by atoms with Crippen LogP contribution in [-0.4, -0.2) is 62.3 Å². The summed E-state index contributed by atoms with van der Waals surface area (Å²) < 4.78 is 11.2. The summed E-state index contributed by atoms with van der Waals surface area (Å²) in [6.07, 6.45) is 0. The number of rotatable bonds is 6. The van der Waals surface area contributed by atoms with Crippen LogP contribution in [0.15, 0.2) is 54.6 Å². The van der Waals surface area contributed by atoms with Gasteiger partial charge in [0.2, 0.25) is 0 Å². The Bertz CT molecular complexity index is 702. The molecular formula is C20H25N3O3. The Balaban J connectivity index is 1.56. The van der Waals surface area contributed by atoms with Crippen molar-refractivity contribution in [1.29, 1.82) is 0 Å². The lowest BCUT2D eigenvalue weighted by Gasteiger charge is -2.28. The number of amides is 2. The molecule has 0 atom stereocenters. The first-order valence-electron chi connectivity index (χ1n) is 8.86. The van der Waals surface area contributed by atoms with Crippen LogP contribution >= 0.6 is 0 Å². The quantitative estimate of drug-likeness (QED) is 0.864. The molecule has 6 nitrogen and oxygen atoms in total. The maximum atomic E-state index is 12.5. The monoisotopic (exact) mass is 355 g/mol. The summed E-state index contributed by atoms with van der Waals surface area (Å²) in [5.74, 6) is 1.35. The number of likely N-dealkylation sites (N-methyl/N-ethyl adjacent to an activating group) is 1. The Hall–Kier alpha value is -2.57. The molecule has 0 aromatic heterocycles. The summed E-state index contributed by atoms with van der Waals surface area (Å²) in [7, 11) is 1.80. The van der Waals surface area contributed by atoms with E-state index in [1.807, 2.05) is 54.6 Å². The van der Waals surface area contributed by atoms with Gasteiger partial charge in [-0.3, -0.25) is 4.90 Å². The highest BCUT2D eigenvalue weighted by atomic mass is 16.5. The number of benzene rings is 2. The zero-order valence-electron chi connectivity index (χ0n) is 15.1. The molecule has 0 spiro atoms. The predicted molar refractivity (Wildman–Crippen MR) is 102 cm³/mol. The van der Waals surface area contributed by atoms with Crippen molar-refractivity contribution >= 4 is 11.7 Å². The topological polar surface area (TPSA) is 54.0 Å². The van der Waals surface area contributed by atoms with Crippen molar-refractivity contribution < 1.29 is 14.3 Å². The van der Waals surface area contributed by atoms with E-state index in [2.05, 4.69) is 10.2 Å². The first kappa shape index (κ1) is 18.2. The third-order valence-electron chi connectivity index (χ3n) is 4.30. The van der Waals surface area contributed by atoms with Crippen molar-refractivity contribution in [2.45, 2.75) is 0 Å². The van der Waals surface area contributed by atoms with Crippen LogP contribution in [0.25, 0.3) is 0 Å². The molecule has 0 radical (unpaired) electrons. The number of nitrogens with one attached hydrogen (secondary N) is 1. The van der Waals surface area contributed by atoms with Crippen molar-refractivity contribution in [3.8, 4) is 11.5 Å². The van der Waals surface area contributed by atoms with Crippen LogP contribution in [0.1, 0.15) is 0 Å². The lowest BCUT2D eigenvalue weighted by molar-refractivity contribution is 0.0359. The molecule has 6 heteroatoms. The fourth-order valence-electron chi connectivity index (χ4n) is 2.70. The first-order valence-corrected chi connectivity index (χ1v) is 8.86. The minimum Gasteiger partial charge on any atom is -0.455 e. The van der Waals surface area contributed by atoms with Crippen LogP contribution in [0.5, 0.6) is 11.5 Å². The minimum atomic E-state index is -0.151. The van der Waals surface area contributed by atoms with E-state index < -0.39 is 0 Å². The summed E-state index contributed by atoms with van der Waals surface area (Å²) in [5.41, 5.74) is 0.652. The van der Waals surface area contributed by atoms with E-state index in [9.17, 15) is 4.79 Å². The van der Waals surface area contributed by atoms with Gasteiger partial charge in [-0.1, -0.05) is 30.3 Å². The van der Waals surface area contributed by atoms with Crippen LogP contribution in [-0.2, 0) is 4.74 Å². The maximum Gasteiger partial charge on any atom is 0.321 e. The van der Waals surface area contributed by atoms with Crippen LogP contribution < -0.4 is 10.1 Å². The lowest BCUT2D eigenvalue weighted by atomic mass is 10.3. The molecule has 3 rings (SSSR count). The summed E-state index contributed by atoms with van der Waals surface area (Å²) in [4.78, 5) is 16.5. The predicted octanol–water partition coefficient (Wildman–Crippen LogP) is 3.27. The molecule has 1 heterocycles. The molecule has 0 aliphatic carbocycles. The van der Waals surface area contributed by atoms with Crippen molar-refractivity contribution in [1.82, 2.24) is 9.80 Å². The smallest absolute Gasteiger partial charge is 0.321 e. The van der Waals surface area contributed by atoms with Gasteiger partial charge in [-0.25, -0.2) is 4.79 Å². The molecule has 138 valence electrons. The molecule has 1 N–H and O–H groups in total. The fourth-order valence-corrected chi connectivity index (χ4v) is 2.70. The zero-order chi connectivity index (χ0) is 18.2. The van der Waals surface area contributed by atoms with Gasteiger partial charge in [-0.2, -0.15) is 0 Å². The van der Waals surface area contributed by atoms with E-state index in [0.717, 1.165) is 38.6 Å². The number of anilines is 1. The maximum absolute atomic E-state index is 12.5. The molecule has 1 fully saturated rings. The van der Waals surface area contributed by atoms with E-state index in [1.54, 1.807) is 11.9 Å². The molecule has 0 bridgehead atoms. The van der Waals surface area contributed by atoms with Crippen LogP contribution in [0, 0.1) is 0 Å². The summed E-state index contributed by atoms with van der Waals surface area (Å²) in [6, 6.07) is 16.8. The zero-order valence-corrected chi connectivity index (χ0v) is 15.1. The SMILES string of the molecule is CN(CCN1CCOCC1)C(=O)Nc1ccccc1Oc1ccccc1. The van der Waals surface area contributed by atoms with Gasteiger partial charge in [0.15, 0.2) is 5.75 Å². The summed E-state index contributed by atoms with van der Waals surface area (Å²) in [6.45, 7) is 4.87. The molecule has 1 aliphatic heterocycles. The third kappa shape index (κ3) is 5.21. The van der Waals surface area contributed by atoms with Gasteiger partial charge in [0, 0.05) is 33.2 Å². The molecule has 0 unspecified atom stereocenters. The number of para-hydroxylation sites is 3. The second-order valence-corrected chi connectivity index (χ2v) is 6.22. The van der Waals surface area contributed by atoms with Gasteiger partial charge >= 0.3 is 6.03 Å². The average Bonchev–Trinajstić information content (AvgIpc) is 2.69. The molecule has 0 saturated carbocycles. The Morgan fingerprint density at radius 2 is 1.81 bits per heavy atom. The molecule has 2 aromatic carbocycles. The van der Waals surface area contributed by atoms with Crippen molar-refractivity contribution in [2.24, 2.45) is 0 Å². The molecule has 2 amide bonds. The fraction of sp³-hybridized carbons (Fsp3) is 0.350. The highest BCUT2D eigenvalue weighted by Crippen LogP contribution is 2.29. The molecule has 1 saturated heterocycles. The van der Waals surface area contributed by atoms with E-state index >= 15 is 0 Å². The summed E-state index contributed by atoms with van der Waals surface area (Å²) in [5, 5.41) is 2.94. The van der Waals surface area contributed by atoms with Gasteiger partial charge in [0.25, 0.3) is 0 Å². The van der Waals surface area contributed by atoms with E-state index in [1.165, 1.54) is 0 Å². The second-order valence-electron chi connectivity index (χ2n) is 6.22. The van der Waals surface area contributed by atoms with Crippen molar-refractivity contribution in [3.05, 3.63) is 54.6 Å². The number of nitrogens with zero attached hydrogens (tertiary/aromatic N) is 2. The molecule has 2 aromatic rings. The van der Waals surface area contributed by atoms with Crippen molar-refractivity contribution in [2.75, 3.05) is 51.8 Å². The molecule has 1 aliphatic rings. The van der Waals surface area contributed by atoms with E-state index in [4.69, 9.17) is 9.47 Å². The highest BCUT2D eigenvalue weighted by molar-refractivity contribution is 5.90. The van der Waals surface area contributed by atoms with Crippen LogP contribution in [0.2, 0.25) is 0 Å². The number of carbonyl (C=O) groups excluding carboxylic acids is 1. The standard InChI is InChI=1S/C20H25N3O3/c1-22(11-12-23-13-15-25-16-14-23)20(24)21-18-9-5-6-10-19(18)26-17-7-3-2-4-8-17/h2-10H,11-16H2,1H3,(H,21,24). The summed E-state index contributed by atoms with van der Waals surface area (Å²) >= 11 is 0. The first-order chi connectivity index (χ1) is 12.7. The van der Waals surface area contributed by atoms with Gasteiger partial charge in [-0.15, -0.1) is 0 Å². The largest absolute Gasteiger partial charge is 0.455 e. The Morgan fingerprint density at radius 3 is 2.58 bits per heavy atom. The van der Waals surface area contributed by atoms with Gasteiger partial charge in [0.1, 0.15) is 5.75 Å². The van der Waals surface area contributed by atoms with Crippen LogP contribution in [0.4, 0.5) is 10.5 Å². The lowest BCUT2D eigenvalue weighted by Crippen LogP contribution is -2.42. The third-order valence-corrected chi connectivity index (χ3v) is 4.30. The van der Waals surface area contributed by atoms with Crippen molar-refractivity contribution in [3.63, 3.8) is 0 Å². The normalized spacial score (nSPS) is 14.7. The Labute approximate surface area is 154 Å². The number of urea groups is 1. The Morgan fingerprint density at radius 1 is 1.12 bits per heavy atom. The highest BCUT2D eigenvalue weighted by Gasteiger charge is 2.15. The second kappa shape index (κ2) is 9.22. The minimum absolute atomic E-state index is 0.151. The Kier molecular flexibility index (Phi) is 6.46. The number of hydrogen-bond acceptors (Lipinski definition) is 4. The van der Waals surface area contributed by atoms with E-state index in [-0.39, 0.29) is 6.03 Å². The van der Waals surface area contributed by atoms with E-state index in [0.29, 0.717) is 18.0 Å². The number of carbonyl (C=O) groups is 1. The van der Waals surface area contributed by atoms with Gasteiger partial charge < -0.3 is 19.7 Å².